The summed E-state index contributed by atoms with van der Waals surface area (Å²) in [6.45, 7) is 4.72. The Hall–Kier alpha value is -5.86. The fourth-order valence-electron chi connectivity index (χ4n) is 7.78. The minimum absolute atomic E-state index is 0.0736. The predicted molar refractivity (Wildman–Crippen MR) is 204 cm³/mol. The van der Waals surface area contributed by atoms with Gasteiger partial charge in [-0.2, -0.15) is 0 Å². The molecule has 1 aliphatic carbocycles. The number of rotatable bonds is 5. The molecule has 2 nitrogen and oxygen atoms in total. The summed E-state index contributed by atoms with van der Waals surface area (Å²) in [5, 5.41) is 2.54. The highest BCUT2D eigenvalue weighted by Crippen LogP contribution is 2.51. The standard InChI is InChI=1S/C46H36N2/c1-46(2)42-17-11-10-16-38(42)40-29-41-39-27-26-37(47(3)35-22-18-33(19-23-35)31-12-6-4-7-13-31)28-44(39)48(45(41)30-43(40)46)36-24-20-34(21-25-36)32-14-8-5-9-15-32/h4-30H,1-3H3. The molecule has 0 aliphatic heterocycles. The van der Waals surface area contributed by atoms with Crippen molar-refractivity contribution in [3.63, 3.8) is 0 Å². The van der Waals surface area contributed by atoms with Gasteiger partial charge < -0.3 is 9.47 Å². The number of hydrogen-bond acceptors (Lipinski definition) is 1. The van der Waals surface area contributed by atoms with Gasteiger partial charge in [-0.25, -0.2) is 0 Å². The van der Waals surface area contributed by atoms with Crippen LogP contribution in [0.3, 0.4) is 0 Å². The van der Waals surface area contributed by atoms with E-state index in [9.17, 15) is 0 Å². The summed E-state index contributed by atoms with van der Waals surface area (Å²) in [4.78, 5) is 2.29. The van der Waals surface area contributed by atoms with E-state index >= 15 is 0 Å². The lowest BCUT2D eigenvalue weighted by Gasteiger charge is -2.22. The molecule has 0 saturated carbocycles. The van der Waals surface area contributed by atoms with Crippen molar-refractivity contribution >= 4 is 33.2 Å². The lowest BCUT2D eigenvalue weighted by molar-refractivity contribution is 0.661. The first-order valence-corrected chi connectivity index (χ1v) is 16.7. The van der Waals surface area contributed by atoms with Crippen molar-refractivity contribution in [3.05, 3.63) is 175 Å². The van der Waals surface area contributed by atoms with E-state index in [1.54, 1.807) is 0 Å². The minimum atomic E-state index is -0.0736. The van der Waals surface area contributed by atoms with Crippen LogP contribution in [0.2, 0.25) is 0 Å². The van der Waals surface area contributed by atoms with Crippen LogP contribution < -0.4 is 4.90 Å². The van der Waals surface area contributed by atoms with Gasteiger partial charge in [0, 0.05) is 40.3 Å². The van der Waals surface area contributed by atoms with Gasteiger partial charge in [0.2, 0.25) is 0 Å². The van der Waals surface area contributed by atoms with Gasteiger partial charge in [-0.1, -0.05) is 129 Å². The predicted octanol–water partition coefficient (Wildman–Crippen LogP) is 12.2. The largest absolute Gasteiger partial charge is 0.345 e. The van der Waals surface area contributed by atoms with Gasteiger partial charge in [-0.05, 0) is 93.0 Å². The van der Waals surface area contributed by atoms with Gasteiger partial charge >= 0.3 is 0 Å². The molecule has 8 aromatic rings. The van der Waals surface area contributed by atoms with E-state index in [1.807, 2.05) is 0 Å². The first-order valence-electron chi connectivity index (χ1n) is 16.7. The van der Waals surface area contributed by atoms with Gasteiger partial charge in [-0.15, -0.1) is 0 Å². The summed E-state index contributed by atoms with van der Waals surface area (Å²) < 4.78 is 2.47. The third-order valence-electron chi connectivity index (χ3n) is 10.4. The molecule has 48 heavy (non-hydrogen) atoms. The molecule has 0 unspecified atom stereocenters. The Morgan fingerprint density at radius 3 is 1.65 bits per heavy atom. The van der Waals surface area contributed by atoms with E-state index in [1.165, 1.54) is 66.3 Å². The molecule has 1 aliphatic rings. The van der Waals surface area contributed by atoms with Crippen molar-refractivity contribution in [2.24, 2.45) is 0 Å². The van der Waals surface area contributed by atoms with E-state index in [2.05, 4.69) is 194 Å². The third-order valence-corrected chi connectivity index (χ3v) is 10.4. The van der Waals surface area contributed by atoms with Gasteiger partial charge in [0.25, 0.3) is 0 Å². The van der Waals surface area contributed by atoms with Gasteiger partial charge in [0.05, 0.1) is 11.0 Å². The van der Waals surface area contributed by atoms with Crippen molar-refractivity contribution in [2.45, 2.75) is 19.3 Å². The summed E-state index contributed by atoms with van der Waals surface area (Å²) in [6.07, 6.45) is 0. The Morgan fingerprint density at radius 2 is 0.979 bits per heavy atom. The molecule has 0 radical (unpaired) electrons. The van der Waals surface area contributed by atoms with E-state index < -0.39 is 0 Å². The molecular formula is C46H36N2. The van der Waals surface area contributed by atoms with Crippen LogP contribution in [0.25, 0.3) is 60.9 Å². The smallest absolute Gasteiger partial charge is 0.0561 e. The average Bonchev–Trinajstić information content (AvgIpc) is 3.58. The summed E-state index contributed by atoms with van der Waals surface area (Å²) in [7, 11) is 2.16. The van der Waals surface area contributed by atoms with Crippen LogP contribution in [-0.2, 0) is 5.41 Å². The van der Waals surface area contributed by atoms with Crippen LogP contribution in [0.15, 0.2) is 164 Å². The molecule has 0 spiro atoms. The SMILES string of the molecule is CN(c1ccc(-c2ccccc2)cc1)c1ccc2c3cc4c(cc3n(-c3ccc(-c5ccccc5)cc3)c2c1)C(C)(C)c1ccccc1-4. The maximum Gasteiger partial charge on any atom is 0.0561 e. The first-order chi connectivity index (χ1) is 23.5. The van der Waals surface area contributed by atoms with Crippen molar-refractivity contribution < 1.29 is 0 Å². The number of aromatic nitrogens is 1. The van der Waals surface area contributed by atoms with Crippen molar-refractivity contribution in [2.75, 3.05) is 11.9 Å². The molecule has 9 rings (SSSR count). The zero-order valence-corrected chi connectivity index (χ0v) is 27.5. The molecule has 0 amide bonds. The first kappa shape index (κ1) is 28.4. The van der Waals surface area contributed by atoms with Gasteiger partial charge in [0.1, 0.15) is 0 Å². The summed E-state index contributed by atoms with van der Waals surface area (Å²) in [5.74, 6) is 0. The summed E-state index contributed by atoms with van der Waals surface area (Å²) in [5.41, 5.74) is 16.2. The Labute approximate surface area is 282 Å². The Kier molecular flexibility index (Phi) is 6.42. The Morgan fingerprint density at radius 1 is 0.438 bits per heavy atom. The van der Waals surface area contributed by atoms with Gasteiger partial charge in [0.15, 0.2) is 0 Å². The molecule has 1 heterocycles. The van der Waals surface area contributed by atoms with Crippen LogP contribution in [0, 0.1) is 0 Å². The molecule has 0 fully saturated rings. The second kappa shape index (κ2) is 10.9. The molecule has 0 saturated heterocycles. The molecule has 1 aromatic heterocycles. The zero-order valence-electron chi connectivity index (χ0n) is 27.5. The molecule has 0 bridgehead atoms. The highest BCUT2D eigenvalue weighted by atomic mass is 15.1. The van der Waals surface area contributed by atoms with E-state index in [4.69, 9.17) is 0 Å². The highest BCUT2D eigenvalue weighted by molar-refractivity contribution is 6.12. The fourth-order valence-corrected chi connectivity index (χ4v) is 7.78. The quantitative estimate of drug-likeness (QED) is 0.187. The normalized spacial score (nSPS) is 13.1. The fraction of sp³-hybridized carbons (Fsp3) is 0.0870. The van der Waals surface area contributed by atoms with E-state index in [0.717, 1.165) is 17.1 Å². The number of benzene rings is 7. The maximum absolute atomic E-state index is 2.47. The van der Waals surface area contributed by atoms with E-state index in [0.29, 0.717) is 0 Å². The second-order valence-corrected chi connectivity index (χ2v) is 13.5. The van der Waals surface area contributed by atoms with Gasteiger partial charge in [-0.3, -0.25) is 0 Å². The number of hydrogen-bond donors (Lipinski definition) is 0. The molecule has 2 heteroatoms. The topological polar surface area (TPSA) is 8.17 Å². The third kappa shape index (κ3) is 4.41. The zero-order chi connectivity index (χ0) is 32.4. The number of fused-ring (bicyclic) bond motifs is 6. The molecule has 7 aromatic carbocycles. The summed E-state index contributed by atoms with van der Waals surface area (Å²) >= 11 is 0. The minimum Gasteiger partial charge on any atom is -0.345 e. The molecular weight excluding hydrogens is 581 g/mol. The highest BCUT2D eigenvalue weighted by Gasteiger charge is 2.36. The molecule has 230 valence electrons. The number of nitrogens with zero attached hydrogens (tertiary/aromatic N) is 2. The Balaban J connectivity index is 1.22. The van der Waals surface area contributed by atoms with Crippen LogP contribution in [-0.4, -0.2) is 11.6 Å². The second-order valence-electron chi connectivity index (χ2n) is 13.5. The summed E-state index contributed by atoms with van der Waals surface area (Å²) in [6, 6.07) is 59.8. The number of anilines is 2. The Bertz CT molecular complexity index is 2450. The van der Waals surface area contributed by atoms with E-state index in [-0.39, 0.29) is 5.41 Å². The van der Waals surface area contributed by atoms with Crippen molar-refractivity contribution in [1.82, 2.24) is 4.57 Å². The van der Waals surface area contributed by atoms with Crippen molar-refractivity contribution in [1.29, 1.82) is 0 Å². The van der Waals surface area contributed by atoms with Crippen LogP contribution >= 0.6 is 0 Å². The lowest BCUT2D eigenvalue weighted by Crippen LogP contribution is -2.14. The lowest BCUT2D eigenvalue weighted by atomic mass is 9.82. The maximum atomic E-state index is 2.47. The van der Waals surface area contributed by atoms with Crippen molar-refractivity contribution in [3.8, 4) is 39.1 Å². The van der Waals surface area contributed by atoms with Crippen LogP contribution in [0.5, 0.6) is 0 Å². The molecule has 0 atom stereocenters. The van der Waals surface area contributed by atoms with Crippen LogP contribution in [0.1, 0.15) is 25.0 Å². The van der Waals surface area contributed by atoms with Crippen LogP contribution in [0.4, 0.5) is 11.4 Å². The average molecular weight is 617 g/mol. The monoisotopic (exact) mass is 616 g/mol. The molecule has 0 N–H and O–H groups in total.